The van der Waals surface area contributed by atoms with Gasteiger partial charge in [-0.2, -0.15) is 0 Å². The first kappa shape index (κ1) is 19.2. The van der Waals surface area contributed by atoms with Gasteiger partial charge in [0.15, 0.2) is 11.6 Å². The number of benzene rings is 1. The number of hydrogen-bond acceptors (Lipinski definition) is 4. The average molecular weight is 343 g/mol. The summed E-state index contributed by atoms with van der Waals surface area (Å²) in [5, 5.41) is 0.0267. The van der Waals surface area contributed by atoms with E-state index in [0.717, 1.165) is 18.9 Å². The summed E-state index contributed by atoms with van der Waals surface area (Å²) in [7, 11) is 0. The highest BCUT2D eigenvalue weighted by atomic mass is 35.5. The molecule has 1 aromatic carbocycles. The number of esters is 2. The molecule has 0 N–H and O–H groups in total. The molecule has 0 saturated carbocycles. The number of allylic oxidation sites excluding steroid dienone is 2. The number of carbonyl (C=O) groups excluding carboxylic acids is 2. The molecule has 0 amide bonds. The van der Waals surface area contributed by atoms with Crippen molar-refractivity contribution in [1.82, 2.24) is 0 Å². The molecule has 0 atom stereocenters. The second kappa shape index (κ2) is 10.8. The molecule has 0 saturated heterocycles. The highest BCUT2D eigenvalue weighted by Gasteiger charge is 2.13. The number of carbonyl (C=O) groups is 2. The monoisotopic (exact) mass is 342 g/mol. The third-order valence-corrected chi connectivity index (χ3v) is 3.21. The van der Waals surface area contributed by atoms with Gasteiger partial charge >= 0.3 is 11.9 Å². The minimum Gasteiger partial charge on any atom is -0.466 e. The highest BCUT2D eigenvalue weighted by Crippen LogP contribution is 2.27. The third kappa shape index (κ3) is 7.79. The van der Waals surface area contributed by atoms with E-state index < -0.39 is 11.8 Å². The van der Waals surface area contributed by atoms with Crippen molar-refractivity contribution in [2.75, 3.05) is 6.61 Å². The maximum Gasteiger partial charge on any atom is 0.311 e. The van der Waals surface area contributed by atoms with Gasteiger partial charge in [-0.15, -0.1) is 0 Å². The van der Waals surface area contributed by atoms with Gasteiger partial charge in [0, 0.05) is 12.8 Å². The molecule has 0 aliphatic carbocycles. The van der Waals surface area contributed by atoms with E-state index in [1.807, 2.05) is 19.1 Å². The first-order valence-electron chi connectivity index (χ1n) is 7.46. The van der Waals surface area contributed by atoms with Crippen LogP contribution in [-0.2, 0) is 14.3 Å². The topological polar surface area (TPSA) is 52.6 Å². The SMILES string of the molecule is C/C=C/CCCOC(=O)CCCC(=O)Oc1c(F)cccc1Cl. The molecular weight excluding hydrogens is 323 g/mol. The lowest BCUT2D eigenvalue weighted by atomic mass is 10.2. The van der Waals surface area contributed by atoms with Gasteiger partial charge in [0.1, 0.15) is 0 Å². The summed E-state index contributed by atoms with van der Waals surface area (Å²) in [5.74, 6) is -1.99. The molecule has 1 aromatic rings. The molecule has 0 aliphatic rings. The molecule has 0 radical (unpaired) electrons. The van der Waals surface area contributed by atoms with Crippen LogP contribution in [0.2, 0.25) is 5.02 Å². The average Bonchev–Trinajstić information content (AvgIpc) is 2.51. The van der Waals surface area contributed by atoms with Gasteiger partial charge in [0.05, 0.1) is 11.6 Å². The van der Waals surface area contributed by atoms with Crippen molar-refractivity contribution in [3.8, 4) is 5.75 Å². The van der Waals surface area contributed by atoms with Crippen molar-refractivity contribution in [3.63, 3.8) is 0 Å². The van der Waals surface area contributed by atoms with E-state index >= 15 is 0 Å². The largest absolute Gasteiger partial charge is 0.466 e. The Kier molecular flexibility index (Phi) is 8.98. The number of halogens is 2. The molecule has 0 fully saturated rings. The summed E-state index contributed by atoms with van der Waals surface area (Å²) in [4.78, 5) is 23.1. The molecule has 6 heteroatoms. The summed E-state index contributed by atoms with van der Waals surface area (Å²) < 4.78 is 23.3. The van der Waals surface area contributed by atoms with Gasteiger partial charge in [0.2, 0.25) is 0 Å². The number of unbranched alkanes of at least 4 members (excludes halogenated alkanes) is 1. The zero-order valence-corrected chi connectivity index (χ0v) is 13.8. The second-order valence-corrected chi connectivity index (χ2v) is 5.22. The van der Waals surface area contributed by atoms with E-state index in [2.05, 4.69) is 0 Å². The van der Waals surface area contributed by atoms with Crippen LogP contribution in [0.1, 0.15) is 39.0 Å². The Labute approximate surface area is 140 Å². The van der Waals surface area contributed by atoms with E-state index in [9.17, 15) is 14.0 Å². The zero-order chi connectivity index (χ0) is 17.1. The van der Waals surface area contributed by atoms with Crippen molar-refractivity contribution in [2.45, 2.75) is 39.0 Å². The fraction of sp³-hybridized carbons (Fsp3) is 0.412. The molecule has 0 aliphatic heterocycles. The molecule has 0 aromatic heterocycles. The lowest BCUT2D eigenvalue weighted by molar-refractivity contribution is -0.144. The van der Waals surface area contributed by atoms with Gasteiger partial charge in [0.25, 0.3) is 0 Å². The molecule has 1 rings (SSSR count). The molecule has 0 bridgehead atoms. The Hall–Kier alpha value is -1.88. The number of rotatable bonds is 9. The van der Waals surface area contributed by atoms with Crippen LogP contribution in [0.25, 0.3) is 0 Å². The first-order valence-corrected chi connectivity index (χ1v) is 7.84. The van der Waals surface area contributed by atoms with Gasteiger partial charge in [-0.3, -0.25) is 9.59 Å². The molecule has 23 heavy (non-hydrogen) atoms. The van der Waals surface area contributed by atoms with Crippen molar-refractivity contribution < 1.29 is 23.5 Å². The van der Waals surface area contributed by atoms with E-state index in [1.165, 1.54) is 12.1 Å². The minimum absolute atomic E-state index is 0.0155. The minimum atomic E-state index is -0.702. The fourth-order valence-electron chi connectivity index (χ4n) is 1.75. The van der Waals surface area contributed by atoms with Gasteiger partial charge in [-0.25, -0.2) is 4.39 Å². The highest BCUT2D eigenvalue weighted by molar-refractivity contribution is 6.32. The van der Waals surface area contributed by atoms with E-state index in [0.29, 0.717) is 6.61 Å². The van der Waals surface area contributed by atoms with Gasteiger partial charge in [-0.1, -0.05) is 29.8 Å². The third-order valence-electron chi connectivity index (χ3n) is 2.91. The molecule has 0 unspecified atom stereocenters. The Balaban J connectivity index is 2.22. The van der Waals surface area contributed by atoms with Crippen LogP contribution in [0, 0.1) is 5.82 Å². The van der Waals surface area contributed by atoms with Crippen LogP contribution in [0.15, 0.2) is 30.4 Å². The van der Waals surface area contributed by atoms with Crippen molar-refractivity contribution in [1.29, 1.82) is 0 Å². The van der Waals surface area contributed by atoms with Crippen LogP contribution in [-0.4, -0.2) is 18.5 Å². The van der Waals surface area contributed by atoms with Gasteiger partial charge in [-0.05, 0) is 38.3 Å². The van der Waals surface area contributed by atoms with E-state index in [4.69, 9.17) is 21.1 Å². The Bertz CT molecular complexity index is 537. The van der Waals surface area contributed by atoms with Crippen molar-refractivity contribution >= 4 is 23.5 Å². The summed E-state index contributed by atoms with van der Waals surface area (Å²) in [6, 6.07) is 4.00. The molecular formula is C17H20ClFO4. The predicted molar refractivity (Wildman–Crippen MR) is 85.9 cm³/mol. The lowest BCUT2D eigenvalue weighted by Crippen LogP contribution is -2.11. The van der Waals surface area contributed by atoms with E-state index in [1.54, 1.807) is 0 Å². The molecule has 0 heterocycles. The van der Waals surface area contributed by atoms with Crippen LogP contribution in [0.5, 0.6) is 5.75 Å². The summed E-state index contributed by atoms with van der Waals surface area (Å²) in [5.41, 5.74) is 0. The second-order valence-electron chi connectivity index (χ2n) is 4.81. The maximum absolute atomic E-state index is 13.4. The fourth-order valence-corrected chi connectivity index (χ4v) is 1.95. The Morgan fingerprint density at radius 2 is 1.96 bits per heavy atom. The Morgan fingerprint density at radius 1 is 1.22 bits per heavy atom. The predicted octanol–water partition coefficient (Wildman–Crippen LogP) is 4.45. The normalized spacial score (nSPS) is 10.7. The number of ether oxygens (including phenoxy) is 2. The van der Waals surface area contributed by atoms with Crippen LogP contribution < -0.4 is 4.74 Å². The quantitative estimate of drug-likeness (QED) is 0.288. The summed E-state index contributed by atoms with van der Waals surface area (Å²) in [6.45, 7) is 2.29. The van der Waals surface area contributed by atoms with Crippen LogP contribution in [0.3, 0.4) is 0 Å². The van der Waals surface area contributed by atoms with Crippen molar-refractivity contribution in [3.05, 3.63) is 41.2 Å². The zero-order valence-electron chi connectivity index (χ0n) is 13.0. The standard InChI is InChI=1S/C17H20ClFO4/c1-2-3-4-5-12-22-15(20)10-7-11-16(21)23-17-13(18)8-6-9-14(17)19/h2-3,6,8-9H,4-5,7,10-12H2,1H3/b3-2+. The molecule has 4 nitrogen and oxygen atoms in total. The first-order chi connectivity index (χ1) is 11.0. The van der Waals surface area contributed by atoms with E-state index in [-0.39, 0.29) is 36.0 Å². The number of hydrogen-bond donors (Lipinski definition) is 0. The molecule has 126 valence electrons. The smallest absolute Gasteiger partial charge is 0.311 e. The van der Waals surface area contributed by atoms with Crippen LogP contribution in [0.4, 0.5) is 4.39 Å². The van der Waals surface area contributed by atoms with Crippen LogP contribution >= 0.6 is 11.6 Å². The lowest BCUT2D eigenvalue weighted by Gasteiger charge is -2.07. The summed E-state index contributed by atoms with van der Waals surface area (Å²) >= 11 is 5.76. The molecule has 0 spiro atoms. The maximum atomic E-state index is 13.4. The summed E-state index contributed by atoms with van der Waals surface area (Å²) in [6.07, 6.45) is 5.94. The Morgan fingerprint density at radius 3 is 2.65 bits per heavy atom. The van der Waals surface area contributed by atoms with Crippen molar-refractivity contribution in [2.24, 2.45) is 0 Å². The van der Waals surface area contributed by atoms with Gasteiger partial charge < -0.3 is 9.47 Å². The number of para-hydroxylation sites is 1.